The Morgan fingerprint density at radius 1 is 0.957 bits per heavy atom. The van der Waals surface area contributed by atoms with Gasteiger partial charge in [0.2, 0.25) is 0 Å². The lowest BCUT2D eigenvalue weighted by atomic mass is 10.0. The summed E-state index contributed by atoms with van der Waals surface area (Å²) >= 11 is 0. The fourth-order valence-electron chi connectivity index (χ4n) is 2.49. The lowest BCUT2D eigenvalue weighted by Gasteiger charge is -2.11. The van der Waals surface area contributed by atoms with Gasteiger partial charge in [-0.05, 0) is 36.2 Å². The van der Waals surface area contributed by atoms with Crippen molar-refractivity contribution < 1.29 is 14.0 Å². The number of carbonyl (C=O) groups is 2. The van der Waals surface area contributed by atoms with Crippen LogP contribution in [0.1, 0.15) is 11.1 Å². The first-order valence-corrected chi connectivity index (χ1v) is 7.14. The molecule has 116 valence electrons. The Bertz CT molecular complexity index is 825. The van der Waals surface area contributed by atoms with E-state index in [2.05, 4.69) is 5.32 Å². The minimum Gasteiger partial charge on any atom is -0.350 e. The molecule has 0 unspecified atom stereocenters. The lowest BCUT2D eigenvalue weighted by molar-refractivity contribution is -0.135. The van der Waals surface area contributed by atoms with Crippen LogP contribution in [0.3, 0.4) is 0 Å². The molecule has 0 fully saturated rings. The number of hydrogen-bond acceptors (Lipinski definition) is 3. The van der Waals surface area contributed by atoms with E-state index in [-0.39, 0.29) is 11.3 Å². The summed E-state index contributed by atoms with van der Waals surface area (Å²) in [6, 6.07) is 13.0. The highest BCUT2D eigenvalue weighted by atomic mass is 19.1. The molecule has 0 spiro atoms. The molecular formula is C18H15FN2O2. The van der Waals surface area contributed by atoms with Gasteiger partial charge in [0.1, 0.15) is 11.5 Å². The molecule has 0 aliphatic carbocycles. The summed E-state index contributed by atoms with van der Waals surface area (Å²) in [5.74, 6) is -1.21. The summed E-state index contributed by atoms with van der Waals surface area (Å²) in [5.41, 5.74) is 2.66. The highest BCUT2D eigenvalue weighted by Gasteiger charge is 2.36. The molecule has 2 amide bonds. The van der Waals surface area contributed by atoms with Crippen molar-refractivity contribution >= 4 is 23.1 Å². The Morgan fingerprint density at radius 2 is 1.61 bits per heavy atom. The Balaban J connectivity index is 2.11. The first-order valence-electron chi connectivity index (χ1n) is 7.14. The second kappa shape index (κ2) is 5.68. The van der Waals surface area contributed by atoms with E-state index in [9.17, 15) is 14.0 Å². The van der Waals surface area contributed by atoms with E-state index in [0.717, 1.165) is 16.2 Å². The molecule has 0 bridgehead atoms. The quantitative estimate of drug-likeness (QED) is 0.887. The number of nitrogens with one attached hydrogen (secondary N) is 1. The zero-order chi connectivity index (χ0) is 16.6. The molecule has 2 aromatic rings. The predicted octanol–water partition coefficient (Wildman–Crippen LogP) is 2.96. The van der Waals surface area contributed by atoms with Crippen molar-refractivity contribution in [3.63, 3.8) is 0 Å². The number of aryl methyl sites for hydroxylation is 1. The molecule has 1 heterocycles. The average molecular weight is 310 g/mol. The molecule has 1 N–H and O–H groups in total. The van der Waals surface area contributed by atoms with Gasteiger partial charge in [0, 0.05) is 12.7 Å². The molecule has 5 heteroatoms. The van der Waals surface area contributed by atoms with Gasteiger partial charge < -0.3 is 5.32 Å². The van der Waals surface area contributed by atoms with Crippen LogP contribution in [0.15, 0.2) is 54.2 Å². The van der Waals surface area contributed by atoms with E-state index in [1.54, 1.807) is 0 Å². The van der Waals surface area contributed by atoms with Gasteiger partial charge in [-0.1, -0.05) is 30.3 Å². The second-order valence-corrected chi connectivity index (χ2v) is 5.37. The third-order valence-corrected chi connectivity index (χ3v) is 3.82. The van der Waals surface area contributed by atoms with Crippen LogP contribution in [0.25, 0.3) is 5.57 Å². The van der Waals surface area contributed by atoms with Crippen LogP contribution in [-0.4, -0.2) is 23.8 Å². The van der Waals surface area contributed by atoms with Crippen LogP contribution >= 0.6 is 0 Å². The van der Waals surface area contributed by atoms with Gasteiger partial charge in [-0.3, -0.25) is 14.5 Å². The van der Waals surface area contributed by atoms with Crippen molar-refractivity contribution in [3.05, 3.63) is 71.2 Å². The number of para-hydroxylation sites is 1. The molecule has 0 atom stereocenters. The van der Waals surface area contributed by atoms with Gasteiger partial charge in [-0.15, -0.1) is 0 Å². The highest BCUT2D eigenvalue weighted by molar-refractivity contribution is 6.36. The number of nitrogens with zero attached hydrogens (tertiary/aromatic N) is 1. The van der Waals surface area contributed by atoms with Crippen molar-refractivity contribution in [2.75, 3.05) is 12.4 Å². The number of likely N-dealkylation sites (N-methyl/N-ethyl adjacent to an activating group) is 1. The maximum atomic E-state index is 13.1. The van der Waals surface area contributed by atoms with Crippen molar-refractivity contribution in [3.8, 4) is 0 Å². The molecular weight excluding hydrogens is 295 g/mol. The number of halogens is 1. The van der Waals surface area contributed by atoms with Crippen molar-refractivity contribution in [1.29, 1.82) is 0 Å². The van der Waals surface area contributed by atoms with Crippen molar-refractivity contribution in [2.24, 2.45) is 0 Å². The standard InChI is InChI=1S/C18H15FN2O2/c1-11-5-3-4-6-14(11)20-16-15(17(22)21(2)18(16)23)12-7-9-13(19)10-8-12/h3-10,20H,1-2H3. The zero-order valence-electron chi connectivity index (χ0n) is 12.8. The van der Waals surface area contributed by atoms with Crippen LogP contribution in [-0.2, 0) is 9.59 Å². The van der Waals surface area contributed by atoms with Crippen LogP contribution < -0.4 is 5.32 Å². The molecule has 3 rings (SSSR count). The fraction of sp³-hybridized carbons (Fsp3) is 0.111. The Hall–Kier alpha value is -2.95. The Morgan fingerprint density at radius 3 is 2.26 bits per heavy atom. The molecule has 1 aliphatic rings. The number of carbonyl (C=O) groups excluding carboxylic acids is 2. The van der Waals surface area contributed by atoms with E-state index >= 15 is 0 Å². The molecule has 23 heavy (non-hydrogen) atoms. The van der Waals surface area contributed by atoms with Crippen molar-refractivity contribution in [2.45, 2.75) is 6.92 Å². The largest absolute Gasteiger partial charge is 0.350 e. The molecule has 2 aromatic carbocycles. The van der Waals surface area contributed by atoms with Gasteiger partial charge in [0.05, 0.1) is 5.57 Å². The first kappa shape index (κ1) is 15.0. The molecule has 4 nitrogen and oxygen atoms in total. The average Bonchev–Trinajstić information content (AvgIpc) is 2.75. The summed E-state index contributed by atoms with van der Waals surface area (Å²) in [7, 11) is 1.43. The van der Waals surface area contributed by atoms with E-state index in [1.807, 2.05) is 31.2 Å². The number of anilines is 1. The summed E-state index contributed by atoms with van der Waals surface area (Å²) in [4.78, 5) is 25.8. The number of amides is 2. The van der Waals surface area contributed by atoms with Gasteiger partial charge >= 0.3 is 0 Å². The number of benzene rings is 2. The first-order chi connectivity index (χ1) is 11.0. The molecule has 0 radical (unpaired) electrons. The maximum Gasteiger partial charge on any atom is 0.277 e. The molecule has 0 saturated heterocycles. The summed E-state index contributed by atoms with van der Waals surface area (Å²) in [5, 5.41) is 3.06. The smallest absolute Gasteiger partial charge is 0.277 e. The summed E-state index contributed by atoms with van der Waals surface area (Å²) in [6.07, 6.45) is 0. The minimum absolute atomic E-state index is 0.207. The van der Waals surface area contributed by atoms with E-state index in [1.165, 1.54) is 31.3 Å². The summed E-state index contributed by atoms with van der Waals surface area (Å²) in [6.45, 7) is 1.91. The topological polar surface area (TPSA) is 49.4 Å². The lowest BCUT2D eigenvalue weighted by Crippen LogP contribution is -2.28. The normalized spacial score (nSPS) is 14.7. The van der Waals surface area contributed by atoms with Crippen LogP contribution in [0, 0.1) is 12.7 Å². The van der Waals surface area contributed by atoms with Gasteiger partial charge in [-0.25, -0.2) is 4.39 Å². The van der Waals surface area contributed by atoms with E-state index < -0.39 is 17.6 Å². The van der Waals surface area contributed by atoms with Gasteiger partial charge in [0.15, 0.2) is 0 Å². The molecule has 0 saturated carbocycles. The Labute approximate surface area is 133 Å². The number of rotatable bonds is 3. The number of imide groups is 1. The van der Waals surface area contributed by atoms with Gasteiger partial charge in [0.25, 0.3) is 11.8 Å². The minimum atomic E-state index is -0.405. The third kappa shape index (κ3) is 2.61. The third-order valence-electron chi connectivity index (χ3n) is 3.82. The highest BCUT2D eigenvalue weighted by Crippen LogP contribution is 2.30. The van der Waals surface area contributed by atoms with E-state index in [4.69, 9.17) is 0 Å². The second-order valence-electron chi connectivity index (χ2n) is 5.37. The van der Waals surface area contributed by atoms with Crippen LogP contribution in [0.2, 0.25) is 0 Å². The maximum absolute atomic E-state index is 13.1. The van der Waals surface area contributed by atoms with Crippen molar-refractivity contribution in [1.82, 2.24) is 4.90 Å². The zero-order valence-corrected chi connectivity index (χ0v) is 12.8. The fourth-order valence-corrected chi connectivity index (χ4v) is 2.49. The molecule has 0 aromatic heterocycles. The monoisotopic (exact) mass is 310 g/mol. The number of hydrogen-bond donors (Lipinski definition) is 1. The van der Waals surface area contributed by atoms with Crippen LogP contribution in [0.4, 0.5) is 10.1 Å². The van der Waals surface area contributed by atoms with Crippen LogP contribution in [0.5, 0.6) is 0 Å². The predicted molar refractivity (Wildman–Crippen MR) is 85.9 cm³/mol. The van der Waals surface area contributed by atoms with E-state index in [0.29, 0.717) is 5.56 Å². The summed E-state index contributed by atoms with van der Waals surface area (Å²) < 4.78 is 13.1. The molecule has 1 aliphatic heterocycles. The van der Waals surface area contributed by atoms with Gasteiger partial charge in [-0.2, -0.15) is 0 Å². The SMILES string of the molecule is Cc1ccccc1NC1=C(c2ccc(F)cc2)C(=O)N(C)C1=O. The Kier molecular flexibility index (Phi) is 3.70.